The Balaban J connectivity index is 0.00000151. The molecule has 0 aliphatic heterocycles. The molecule has 5 heteroatoms. The third-order valence-electron chi connectivity index (χ3n) is 5.12. The molecule has 2 N–H and O–H groups in total. The van der Waals surface area contributed by atoms with Gasteiger partial charge in [0.2, 0.25) is 0 Å². The van der Waals surface area contributed by atoms with Crippen LogP contribution < -0.4 is 10.6 Å². The quantitative estimate of drug-likeness (QED) is 0.248. The minimum absolute atomic E-state index is 0.481. The van der Waals surface area contributed by atoms with E-state index in [-0.39, 0.29) is 0 Å². The topological polar surface area (TPSA) is 36.4 Å². The average Bonchev–Trinajstić information content (AvgIpc) is 2.76. The van der Waals surface area contributed by atoms with E-state index in [0.29, 0.717) is 11.0 Å². The highest BCUT2D eigenvalue weighted by Gasteiger charge is 2.09. The van der Waals surface area contributed by atoms with E-state index >= 15 is 0 Å². The van der Waals surface area contributed by atoms with E-state index in [1.165, 1.54) is 16.9 Å². The molecule has 2 aromatic carbocycles. The van der Waals surface area contributed by atoms with Gasteiger partial charge in [-0.3, -0.25) is 4.99 Å². The molecule has 0 fully saturated rings. The first-order chi connectivity index (χ1) is 14.8. The van der Waals surface area contributed by atoms with Gasteiger partial charge in [-0.1, -0.05) is 53.2 Å². The minimum Gasteiger partial charge on any atom is -0.332 e. The summed E-state index contributed by atoms with van der Waals surface area (Å²) < 4.78 is 0. The average molecular weight is 458 g/mol. The van der Waals surface area contributed by atoms with Crippen LogP contribution in [0.2, 0.25) is 0 Å². The van der Waals surface area contributed by atoms with Gasteiger partial charge in [-0.25, -0.2) is 0 Å². The van der Waals surface area contributed by atoms with Gasteiger partial charge >= 0.3 is 0 Å². The molecule has 0 spiro atoms. The fourth-order valence-corrected chi connectivity index (χ4v) is 3.52. The number of benzene rings is 2. The lowest BCUT2D eigenvalue weighted by molar-refractivity contribution is 0.736. The summed E-state index contributed by atoms with van der Waals surface area (Å²) in [6.07, 6.45) is 5.38. The number of anilines is 2. The molecule has 0 radical (unpaired) electrons. The predicted molar refractivity (Wildman–Crippen MR) is 147 cm³/mol. The summed E-state index contributed by atoms with van der Waals surface area (Å²) in [5.74, 6) is 0.481. The van der Waals surface area contributed by atoms with E-state index in [9.17, 15) is 0 Å². The molecule has 1 unspecified atom stereocenters. The van der Waals surface area contributed by atoms with Crippen molar-refractivity contribution in [2.45, 2.75) is 72.6 Å². The Hall–Kier alpha value is -1.85. The van der Waals surface area contributed by atoms with Crippen molar-refractivity contribution in [1.29, 1.82) is 0 Å². The predicted octanol–water partition coefficient (Wildman–Crippen LogP) is 8.64. The van der Waals surface area contributed by atoms with Crippen molar-refractivity contribution in [2.75, 3.05) is 16.9 Å². The van der Waals surface area contributed by atoms with E-state index < -0.39 is 0 Å². The number of nitrogens with zero attached hydrogens (tertiary/aromatic N) is 1. The Morgan fingerprint density at radius 3 is 2.29 bits per heavy atom. The summed E-state index contributed by atoms with van der Waals surface area (Å²) in [6, 6.07) is 12.6. The largest absolute Gasteiger partial charge is 0.332 e. The molecule has 0 aromatic heterocycles. The van der Waals surface area contributed by atoms with Gasteiger partial charge in [-0.2, -0.15) is 0 Å². The summed E-state index contributed by atoms with van der Waals surface area (Å²) >= 11 is 7.32. The molecule has 31 heavy (non-hydrogen) atoms. The lowest BCUT2D eigenvalue weighted by Gasteiger charge is -2.17. The van der Waals surface area contributed by atoms with E-state index in [1.807, 2.05) is 12.1 Å². The minimum atomic E-state index is 0.481. The summed E-state index contributed by atoms with van der Waals surface area (Å²) in [7, 11) is 0. The van der Waals surface area contributed by atoms with Gasteiger partial charge in [0.15, 0.2) is 5.11 Å². The molecule has 2 rings (SSSR count). The standard InChI is InChI=1S/C23H31N3S2.C3H8/c1-7-15(3)17(5)24-20-10-9-11-21(16(20)4)25-23(27)26-22-14-19(28-6)13-12-18(22)8-2;1-3-2/h9-15H,7-8H2,1-6H3,(H2,25,26,27);3H2,1-2H3. The summed E-state index contributed by atoms with van der Waals surface area (Å²) in [4.78, 5) is 6.06. The molecular formula is C26H39N3S2. The second kappa shape index (κ2) is 14.3. The van der Waals surface area contributed by atoms with Crippen molar-refractivity contribution in [3.8, 4) is 0 Å². The first-order valence-electron chi connectivity index (χ1n) is 11.2. The maximum Gasteiger partial charge on any atom is 0.175 e. The zero-order valence-corrected chi connectivity index (χ0v) is 22.1. The first-order valence-corrected chi connectivity index (χ1v) is 12.8. The normalized spacial score (nSPS) is 11.9. The first kappa shape index (κ1) is 27.2. The van der Waals surface area contributed by atoms with Gasteiger partial charge in [-0.15, -0.1) is 11.8 Å². The van der Waals surface area contributed by atoms with E-state index in [1.54, 1.807) is 11.8 Å². The lowest BCUT2D eigenvalue weighted by atomic mass is 10.0. The van der Waals surface area contributed by atoms with Crippen LogP contribution in [0.3, 0.4) is 0 Å². The Kier molecular flexibility index (Phi) is 12.5. The maximum atomic E-state index is 5.59. The van der Waals surface area contributed by atoms with Crippen LogP contribution in [-0.2, 0) is 6.42 Å². The molecule has 1 atom stereocenters. The van der Waals surface area contributed by atoms with Gasteiger partial charge < -0.3 is 10.6 Å². The fraction of sp³-hybridized carbons (Fsp3) is 0.462. The second-order valence-electron chi connectivity index (χ2n) is 7.68. The molecule has 0 saturated carbocycles. The molecule has 0 heterocycles. The van der Waals surface area contributed by atoms with E-state index in [4.69, 9.17) is 17.2 Å². The molecule has 0 aliphatic carbocycles. The molecule has 2 aromatic rings. The third kappa shape index (κ3) is 8.66. The summed E-state index contributed by atoms with van der Waals surface area (Å²) in [6.45, 7) is 15.0. The van der Waals surface area contributed by atoms with Crippen LogP contribution in [-0.4, -0.2) is 17.1 Å². The Bertz CT molecular complexity index is 875. The lowest BCUT2D eigenvalue weighted by Crippen LogP contribution is -2.20. The number of thioether (sulfide) groups is 1. The van der Waals surface area contributed by atoms with Gasteiger partial charge in [0.1, 0.15) is 0 Å². The van der Waals surface area contributed by atoms with Crippen LogP contribution in [0.25, 0.3) is 0 Å². The zero-order chi connectivity index (χ0) is 23.4. The van der Waals surface area contributed by atoms with Crippen molar-refractivity contribution in [2.24, 2.45) is 10.9 Å². The number of hydrogen-bond donors (Lipinski definition) is 2. The highest BCUT2D eigenvalue weighted by Crippen LogP contribution is 2.28. The number of thiocarbonyl (C=S) groups is 1. The number of aryl methyl sites for hydroxylation is 1. The maximum absolute atomic E-state index is 5.59. The smallest absolute Gasteiger partial charge is 0.175 e. The van der Waals surface area contributed by atoms with Crippen molar-refractivity contribution in [3.05, 3.63) is 47.5 Å². The molecule has 0 saturated heterocycles. The van der Waals surface area contributed by atoms with Crippen LogP contribution in [0.4, 0.5) is 17.1 Å². The number of rotatable bonds is 7. The van der Waals surface area contributed by atoms with Crippen molar-refractivity contribution < 1.29 is 0 Å². The molecular weight excluding hydrogens is 418 g/mol. The Morgan fingerprint density at radius 2 is 1.71 bits per heavy atom. The fourth-order valence-electron chi connectivity index (χ4n) is 2.86. The highest BCUT2D eigenvalue weighted by molar-refractivity contribution is 7.98. The molecule has 0 aliphatic rings. The summed E-state index contributed by atoms with van der Waals surface area (Å²) in [5.41, 5.74) is 6.54. The summed E-state index contributed by atoms with van der Waals surface area (Å²) in [5, 5.41) is 7.31. The number of hydrogen-bond acceptors (Lipinski definition) is 3. The van der Waals surface area contributed by atoms with Crippen molar-refractivity contribution in [3.63, 3.8) is 0 Å². The monoisotopic (exact) mass is 457 g/mol. The Morgan fingerprint density at radius 1 is 1.06 bits per heavy atom. The van der Waals surface area contributed by atoms with Crippen molar-refractivity contribution >= 4 is 51.9 Å². The van der Waals surface area contributed by atoms with Gasteiger partial charge in [-0.05, 0) is 86.5 Å². The molecule has 170 valence electrons. The van der Waals surface area contributed by atoms with Gasteiger partial charge in [0, 0.05) is 22.0 Å². The molecule has 0 amide bonds. The van der Waals surface area contributed by atoms with Crippen LogP contribution >= 0.6 is 24.0 Å². The van der Waals surface area contributed by atoms with Crippen molar-refractivity contribution in [1.82, 2.24) is 0 Å². The third-order valence-corrected chi connectivity index (χ3v) is 6.05. The van der Waals surface area contributed by atoms with Crippen LogP contribution in [0, 0.1) is 12.8 Å². The zero-order valence-electron chi connectivity index (χ0n) is 20.4. The molecule has 0 bridgehead atoms. The number of aliphatic imine (C=N–C) groups is 1. The van der Waals surface area contributed by atoms with E-state index in [0.717, 1.165) is 41.2 Å². The Labute approximate surface area is 199 Å². The van der Waals surface area contributed by atoms with Crippen LogP contribution in [0.15, 0.2) is 46.3 Å². The second-order valence-corrected chi connectivity index (χ2v) is 8.96. The van der Waals surface area contributed by atoms with Gasteiger partial charge in [0.05, 0.1) is 5.69 Å². The van der Waals surface area contributed by atoms with Crippen LogP contribution in [0.1, 0.15) is 65.5 Å². The molecule has 3 nitrogen and oxygen atoms in total. The highest BCUT2D eigenvalue weighted by atomic mass is 32.2. The van der Waals surface area contributed by atoms with Crippen LogP contribution in [0.5, 0.6) is 0 Å². The SMILES string of the molecule is CCC.CCc1ccc(SC)cc1NC(=S)Nc1cccc(N=C(C)C(C)CC)c1C. The number of nitrogens with one attached hydrogen (secondary N) is 2. The van der Waals surface area contributed by atoms with E-state index in [2.05, 4.69) is 89.6 Å². The van der Waals surface area contributed by atoms with Gasteiger partial charge in [0.25, 0.3) is 0 Å².